The first kappa shape index (κ1) is 23.7. The molecule has 1 heterocycles. The summed E-state index contributed by atoms with van der Waals surface area (Å²) in [7, 11) is -3.34. The van der Waals surface area contributed by atoms with E-state index < -0.39 is 27.5 Å². The van der Waals surface area contributed by atoms with E-state index in [1.807, 2.05) is 0 Å². The standard InChI is InChI=1S/C21H19F3N2O4S2/c1-13-18(19(27)25-11-15-4-3-5-16(10-15)21(22,23)24)31-20(28)26(13)12-14-6-8-17(9-7-14)32(2,29)30/h3-10H,11-12H2,1-2H3,(H,25,27). The zero-order chi connectivity index (χ0) is 23.7. The van der Waals surface area contributed by atoms with Crippen molar-refractivity contribution in [2.45, 2.75) is 31.1 Å². The van der Waals surface area contributed by atoms with Gasteiger partial charge in [-0.2, -0.15) is 13.2 Å². The van der Waals surface area contributed by atoms with Crippen LogP contribution in [0.5, 0.6) is 0 Å². The van der Waals surface area contributed by atoms with Gasteiger partial charge in [0.2, 0.25) is 0 Å². The quantitative estimate of drug-likeness (QED) is 0.579. The van der Waals surface area contributed by atoms with Crippen molar-refractivity contribution in [3.05, 3.63) is 85.5 Å². The van der Waals surface area contributed by atoms with Gasteiger partial charge in [-0.05, 0) is 42.3 Å². The Morgan fingerprint density at radius 2 is 1.75 bits per heavy atom. The van der Waals surface area contributed by atoms with Crippen molar-refractivity contribution in [3.8, 4) is 0 Å². The highest BCUT2D eigenvalue weighted by molar-refractivity contribution is 7.90. The third-order valence-electron chi connectivity index (χ3n) is 4.75. The molecule has 0 aliphatic carbocycles. The average Bonchev–Trinajstić information content (AvgIpc) is 3.00. The number of nitrogens with zero attached hydrogens (tertiary/aromatic N) is 1. The van der Waals surface area contributed by atoms with E-state index in [2.05, 4.69) is 5.32 Å². The number of sulfone groups is 1. The van der Waals surface area contributed by atoms with Crippen LogP contribution in [0.3, 0.4) is 0 Å². The molecule has 0 radical (unpaired) electrons. The lowest BCUT2D eigenvalue weighted by Crippen LogP contribution is -2.23. The van der Waals surface area contributed by atoms with E-state index >= 15 is 0 Å². The molecule has 1 N–H and O–H groups in total. The summed E-state index contributed by atoms with van der Waals surface area (Å²) in [6, 6.07) is 10.7. The van der Waals surface area contributed by atoms with Crippen molar-refractivity contribution in [2.75, 3.05) is 6.26 Å². The minimum absolute atomic E-state index is 0.124. The first-order valence-electron chi connectivity index (χ1n) is 9.30. The number of benzene rings is 2. The Bertz CT molecular complexity index is 1310. The largest absolute Gasteiger partial charge is 0.416 e. The minimum Gasteiger partial charge on any atom is -0.347 e. The predicted octanol–water partition coefficient (Wildman–Crippen LogP) is 3.62. The second-order valence-corrected chi connectivity index (χ2v) is 10.1. The summed E-state index contributed by atoms with van der Waals surface area (Å²) in [5, 5.41) is 2.55. The Morgan fingerprint density at radius 3 is 2.34 bits per heavy atom. The monoisotopic (exact) mass is 484 g/mol. The number of thiazole rings is 1. The van der Waals surface area contributed by atoms with Gasteiger partial charge in [0.1, 0.15) is 4.88 Å². The number of alkyl halides is 3. The molecule has 3 rings (SSSR count). The first-order valence-corrected chi connectivity index (χ1v) is 12.0. The topological polar surface area (TPSA) is 85.2 Å². The van der Waals surface area contributed by atoms with Crippen molar-refractivity contribution >= 4 is 27.1 Å². The molecule has 11 heteroatoms. The third kappa shape index (κ3) is 5.46. The van der Waals surface area contributed by atoms with E-state index in [1.54, 1.807) is 19.1 Å². The van der Waals surface area contributed by atoms with Gasteiger partial charge in [-0.25, -0.2) is 8.42 Å². The zero-order valence-corrected chi connectivity index (χ0v) is 18.7. The minimum atomic E-state index is -4.48. The molecule has 0 fully saturated rings. The summed E-state index contributed by atoms with van der Waals surface area (Å²) in [5.74, 6) is -0.562. The lowest BCUT2D eigenvalue weighted by Gasteiger charge is -2.10. The molecule has 0 aliphatic heterocycles. The smallest absolute Gasteiger partial charge is 0.347 e. The molecule has 0 bridgehead atoms. The molecule has 0 unspecified atom stereocenters. The number of carbonyl (C=O) groups is 1. The Kier molecular flexibility index (Phi) is 6.61. The summed E-state index contributed by atoms with van der Waals surface area (Å²) >= 11 is 0.738. The van der Waals surface area contributed by atoms with Gasteiger partial charge in [-0.1, -0.05) is 35.6 Å². The summed E-state index contributed by atoms with van der Waals surface area (Å²) in [6.07, 6.45) is -3.38. The fourth-order valence-electron chi connectivity index (χ4n) is 3.01. The zero-order valence-electron chi connectivity index (χ0n) is 17.1. The molecule has 32 heavy (non-hydrogen) atoms. The molecule has 0 saturated carbocycles. The normalized spacial score (nSPS) is 12.0. The molecular weight excluding hydrogens is 465 g/mol. The Labute approximate surface area is 186 Å². The Morgan fingerprint density at radius 1 is 1.09 bits per heavy atom. The van der Waals surface area contributed by atoms with E-state index in [4.69, 9.17) is 0 Å². The SMILES string of the molecule is Cc1c(C(=O)NCc2cccc(C(F)(F)F)c2)sc(=O)n1Cc1ccc(S(C)(=O)=O)cc1. The summed E-state index contributed by atoms with van der Waals surface area (Å²) in [5.41, 5.74) is 0.562. The molecule has 0 spiro atoms. The summed E-state index contributed by atoms with van der Waals surface area (Å²) in [4.78, 5) is 24.9. The van der Waals surface area contributed by atoms with E-state index in [0.717, 1.165) is 29.7 Å². The number of halogens is 3. The van der Waals surface area contributed by atoms with Crippen LogP contribution >= 0.6 is 11.3 Å². The van der Waals surface area contributed by atoms with Crippen LogP contribution in [-0.4, -0.2) is 25.1 Å². The molecule has 0 saturated heterocycles. The van der Waals surface area contributed by atoms with Crippen molar-refractivity contribution in [1.29, 1.82) is 0 Å². The van der Waals surface area contributed by atoms with Crippen molar-refractivity contribution in [2.24, 2.45) is 0 Å². The van der Waals surface area contributed by atoms with Gasteiger partial charge in [0, 0.05) is 18.5 Å². The molecule has 1 aromatic heterocycles. The number of amides is 1. The lowest BCUT2D eigenvalue weighted by molar-refractivity contribution is -0.137. The maximum Gasteiger partial charge on any atom is 0.416 e. The molecule has 0 atom stereocenters. The highest BCUT2D eigenvalue weighted by atomic mass is 32.2. The van der Waals surface area contributed by atoms with Crippen LogP contribution in [0.25, 0.3) is 0 Å². The van der Waals surface area contributed by atoms with Gasteiger partial charge in [-0.15, -0.1) is 0 Å². The van der Waals surface area contributed by atoms with Gasteiger partial charge in [0.25, 0.3) is 5.91 Å². The summed E-state index contributed by atoms with van der Waals surface area (Å²) in [6.45, 7) is 1.62. The molecule has 3 aromatic rings. The second-order valence-electron chi connectivity index (χ2n) is 7.17. The maximum atomic E-state index is 12.8. The van der Waals surface area contributed by atoms with Crippen LogP contribution in [0.4, 0.5) is 13.2 Å². The van der Waals surface area contributed by atoms with Crippen LogP contribution in [-0.2, 0) is 29.1 Å². The molecular formula is C21H19F3N2O4S2. The van der Waals surface area contributed by atoms with Crippen molar-refractivity contribution < 1.29 is 26.4 Å². The van der Waals surface area contributed by atoms with Crippen LogP contribution in [0.2, 0.25) is 0 Å². The van der Waals surface area contributed by atoms with Gasteiger partial charge < -0.3 is 5.32 Å². The van der Waals surface area contributed by atoms with E-state index in [9.17, 15) is 31.2 Å². The summed E-state index contributed by atoms with van der Waals surface area (Å²) < 4.78 is 63.0. The van der Waals surface area contributed by atoms with Crippen molar-refractivity contribution in [3.63, 3.8) is 0 Å². The first-order chi connectivity index (χ1) is 14.9. The molecule has 1 amide bonds. The predicted molar refractivity (Wildman–Crippen MR) is 115 cm³/mol. The van der Waals surface area contributed by atoms with Crippen molar-refractivity contribution in [1.82, 2.24) is 9.88 Å². The number of hydrogen-bond acceptors (Lipinski definition) is 5. The van der Waals surface area contributed by atoms with E-state index in [0.29, 0.717) is 11.3 Å². The second kappa shape index (κ2) is 8.91. The average molecular weight is 485 g/mol. The molecule has 6 nitrogen and oxygen atoms in total. The lowest BCUT2D eigenvalue weighted by atomic mass is 10.1. The van der Waals surface area contributed by atoms with Gasteiger partial charge >= 0.3 is 11.0 Å². The Balaban J connectivity index is 1.74. The number of rotatable bonds is 6. The van der Waals surface area contributed by atoms with Crippen LogP contribution < -0.4 is 10.2 Å². The highest BCUT2D eigenvalue weighted by Gasteiger charge is 2.30. The van der Waals surface area contributed by atoms with Crippen LogP contribution in [0, 0.1) is 6.92 Å². The fraction of sp³-hybridized carbons (Fsp3) is 0.238. The van der Waals surface area contributed by atoms with Gasteiger partial charge in [-0.3, -0.25) is 14.2 Å². The maximum absolute atomic E-state index is 12.8. The molecule has 2 aromatic carbocycles. The van der Waals surface area contributed by atoms with Crippen LogP contribution in [0.15, 0.2) is 58.2 Å². The van der Waals surface area contributed by atoms with E-state index in [1.165, 1.54) is 28.8 Å². The number of nitrogens with one attached hydrogen (secondary N) is 1. The van der Waals surface area contributed by atoms with Gasteiger partial charge in [0.05, 0.1) is 17.0 Å². The number of aromatic nitrogens is 1. The van der Waals surface area contributed by atoms with Gasteiger partial charge in [0.15, 0.2) is 9.84 Å². The Hall–Kier alpha value is -2.92. The van der Waals surface area contributed by atoms with E-state index in [-0.39, 0.29) is 33.3 Å². The molecule has 170 valence electrons. The molecule has 0 aliphatic rings. The van der Waals surface area contributed by atoms with Crippen LogP contribution in [0.1, 0.15) is 32.1 Å². The number of hydrogen-bond donors (Lipinski definition) is 1. The fourth-order valence-corrected chi connectivity index (χ4v) is 4.55. The highest BCUT2D eigenvalue weighted by Crippen LogP contribution is 2.29. The third-order valence-corrected chi connectivity index (χ3v) is 6.96. The number of carbonyl (C=O) groups excluding carboxylic acids is 1.